The van der Waals surface area contributed by atoms with Crippen LogP contribution in [-0.4, -0.2) is 26.0 Å². The molecule has 3 aromatic rings. The lowest BCUT2D eigenvalue weighted by Gasteiger charge is -2.12. The Balaban J connectivity index is 1.45. The fourth-order valence-electron chi connectivity index (χ4n) is 3.29. The third-order valence-corrected chi connectivity index (χ3v) is 6.06. The molecule has 0 bridgehead atoms. The van der Waals surface area contributed by atoms with Crippen LogP contribution < -0.4 is 11.2 Å². The molecule has 0 fully saturated rings. The number of nitrogen functional groups attached to an aromatic ring is 1. The summed E-state index contributed by atoms with van der Waals surface area (Å²) < 4.78 is 1.38. The van der Waals surface area contributed by atoms with Crippen LogP contribution in [0.2, 0.25) is 5.02 Å². The number of carbonyl (C=O) groups excluding carboxylic acids is 1. The van der Waals surface area contributed by atoms with Crippen molar-refractivity contribution in [2.45, 2.75) is 36.6 Å². The van der Waals surface area contributed by atoms with Crippen LogP contribution in [0.1, 0.15) is 24.5 Å². The summed E-state index contributed by atoms with van der Waals surface area (Å²) in [5.74, 6) is 6.54. The van der Waals surface area contributed by atoms with E-state index in [-0.39, 0.29) is 11.2 Å². The third kappa shape index (κ3) is 3.86. The average molecular weight is 414 g/mol. The number of anilines is 1. The van der Waals surface area contributed by atoms with Gasteiger partial charge in [-0.1, -0.05) is 41.6 Å². The van der Waals surface area contributed by atoms with Gasteiger partial charge in [-0.15, -0.1) is 10.2 Å². The van der Waals surface area contributed by atoms with E-state index in [0.29, 0.717) is 16.0 Å². The van der Waals surface area contributed by atoms with Gasteiger partial charge in [0.15, 0.2) is 5.82 Å². The Labute approximate surface area is 172 Å². The van der Waals surface area contributed by atoms with Gasteiger partial charge in [0.1, 0.15) is 0 Å². The summed E-state index contributed by atoms with van der Waals surface area (Å²) in [4.78, 5) is 12.6. The number of amides is 1. The molecule has 1 aliphatic carbocycles. The molecular weight excluding hydrogens is 394 g/mol. The molecule has 1 atom stereocenters. The lowest BCUT2D eigenvalue weighted by atomic mass is 10.1. The van der Waals surface area contributed by atoms with E-state index in [9.17, 15) is 4.79 Å². The van der Waals surface area contributed by atoms with E-state index in [1.54, 1.807) is 12.1 Å². The van der Waals surface area contributed by atoms with Gasteiger partial charge in [-0.05, 0) is 61.6 Å². The first-order valence-electron chi connectivity index (χ1n) is 9.07. The van der Waals surface area contributed by atoms with E-state index in [4.69, 9.17) is 17.4 Å². The van der Waals surface area contributed by atoms with Crippen molar-refractivity contribution in [3.8, 4) is 11.4 Å². The van der Waals surface area contributed by atoms with Crippen LogP contribution in [0.4, 0.5) is 5.69 Å². The van der Waals surface area contributed by atoms with Gasteiger partial charge in [-0.3, -0.25) is 4.79 Å². The molecule has 3 N–H and O–H groups in total. The van der Waals surface area contributed by atoms with Gasteiger partial charge >= 0.3 is 0 Å². The Bertz CT molecular complexity index is 1040. The zero-order valence-corrected chi connectivity index (χ0v) is 16.9. The number of halogens is 1. The van der Waals surface area contributed by atoms with E-state index in [2.05, 4.69) is 27.6 Å². The second-order valence-corrected chi connectivity index (χ2v) is 8.52. The number of nitrogens with zero attached hydrogens (tertiary/aromatic N) is 3. The molecule has 28 heavy (non-hydrogen) atoms. The number of nitrogens with one attached hydrogen (secondary N) is 1. The normalized spacial score (nSPS) is 13.9. The molecule has 1 heterocycles. The number of nitrogens with two attached hydrogens (primary N) is 1. The standard InChI is InChI=1S/C20H20ClN5OS/c1-12(19(27)23-17-9-8-13-4-2-5-14(13)11-17)28-20-25-24-18(26(20)22)15-6-3-7-16(21)10-15/h3,6-12H,2,4-5,22H2,1H3,(H,23,27)/t12-/m0/s1. The van der Waals surface area contributed by atoms with Crippen LogP contribution in [0.15, 0.2) is 47.6 Å². The van der Waals surface area contributed by atoms with Crippen molar-refractivity contribution in [3.63, 3.8) is 0 Å². The smallest absolute Gasteiger partial charge is 0.237 e. The Kier molecular flexibility index (Phi) is 5.28. The summed E-state index contributed by atoms with van der Waals surface area (Å²) >= 11 is 7.30. The lowest BCUT2D eigenvalue weighted by Crippen LogP contribution is -2.23. The van der Waals surface area contributed by atoms with Crippen molar-refractivity contribution in [1.29, 1.82) is 0 Å². The van der Waals surface area contributed by atoms with Gasteiger partial charge in [-0.2, -0.15) is 0 Å². The first kappa shape index (κ1) is 18.8. The Morgan fingerprint density at radius 3 is 2.86 bits per heavy atom. The molecule has 0 saturated carbocycles. The number of hydrogen-bond acceptors (Lipinski definition) is 5. The fraction of sp³-hybridized carbons (Fsp3) is 0.250. The monoisotopic (exact) mass is 413 g/mol. The van der Waals surface area contributed by atoms with Crippen LogP contribution in [0, 0.1) is 0 Å². The Morgan fingerprint density at radius 1 is 1.21 bits per heavy atom. The van der Waals surface area contributed by atoms with E-state index in [1.807, 2.05) is 25.1 Å². The maximum absolute atomic E-state index is 12.6. The maximum atomic E-state index is 12.6. The van der Waals surface area contributed by atoms with Crippen molar-refractivity contribution in [2.75, 3.05) is 11.2 Å². The third-order valence-electron chi connectivity index (χ3n) is 4.76. The first-order chi connectivity index (χ1) is 13.5. The van der Waals surface area contributed by atoms with Crippen LogP contribution in [0.5, 0.6) is 0 Å². The number of rotatable bonds is 5. The molecule has 0 aliphatic heterocycles. The summed E-state index contributed by atoms with van der Waals surface area (Å²) in [6.07, 6.45) is 3.38. The van der Waals surface area contributed by atoms with Crippen molar-refractivity contribution >= 4 is 35.0 Å². The molecule has 0 spiro atoms. The number of benzene rings is 2. The zero-order valence-electron chi connectivity index (χ0n) is 15.4. The molecule has 0 saturated heterocycles. The van der Waals surface area contributed by atoms with Crippen LogP contribution in [0.3, 0.4) is 0 Å². The molecule has 6 nitrogen and oxygen atoms in total. The number of thioether (sulfide) groups is 1. The summed E-state index contributed by atoms with van der Waals surface area (Å²) in [5, 5.41) is 11.9. The Hall–Kier alpha value is -2.51. The zero-order chi connectivity index (χ0) is 19.7. The van der Waals surface area contributed by atoms with Crippen molar-refractivity contribution in [2.24, 2.45) is 0 Å². The van der Waals surface area contributed by atoms with Crippen molar-refractivity contribution in [3.05, 3.63) is 58.6 Å². The minimum atomic E-state index is -0.382. The van der Waals surface area contributed by atoms with Gasteiger partial charge in [0.2, 0.25) is 11.1 Å². The highest BCUT2D eigenvalue weighted by Crippen LogP contribution is 2.28. The molecule has 1 aliphatic rings. The lowest BCUT2D eigenvalue weighted by molar-refractivity contribution is -0.115. The highest BCUT2D eigenvalue weighted by atomic mass is 35.5. The second kappa shape index (κ2) is 7.85. The topological polar surface area (TPSA) is 85.8 Å². The predicted octanol–water partition coefficient (Wildman–Crippen LogP) is 3.92. The highest BCUT2D eigenvalue weighted by molar-refractivity contribution is 8.00. The van der Waals surface area contributed by atoms with Crippen molar-refractivity contribution in [1.82, 2.24) is 14.9 Å². The molecule has 144 valence electrons. The highest BCUT2D eigenvalue weighted by Gasteiger charge is 2.21. The van der Waals surface area contributed by atoms with Crippen molar-refractivity contribution < 1.29 is 4.79 Å². The molecule has 0 radical (unpaired) electrons. The number of fused-ring (bicyclic) bond motifs is 1. The quantitative estimate of drug-likeness (QED) is 0.489. The van der Waals surface area contributed by atoms with Gasteiger partial charge in [0, 0.05) is 16.3 Å². The number of carbonyl (C=O) groups is 1. The first-order valence-corrected chi connectivity index (χ1v) is 10.3. The SMILES string of the molecule is C[C@H](Sc1nnc(-c2cccc(Cl)c2)n1N)C(=O)Nc1ccc2c(c1)CCC2. The number of aromatic nitrogens is 3. The molecule has 0 unspecified atom stereocenters. The van der Waals surface area contributed by atoms with E-state index in [0.717, 1.165) is 24.1 Å². The summed E-state index contributed by atoms with van der Waals surface area (Å²) in [6.45, 7) is 1.82. The van der Waals surface area contributed by atoms with Crippen LogP contribution in [0.25, 0.3) is 11.4 Å². The largest absolute Gasteiger partial charge is 0.335 e. The van der Waals surface area contributed by atoms with Gasteiger partial charge in [-0.25, -0.2) is 4.68 Å². The minimum absolute atomic E-state index is 0.102. The second-order valence-electron chi connectivity index (χ2n) is 6.77. The number of hydrogen-bond donors (Lipinski definition) is 2. The van der Waals surface area contributed by atoms with Gasteiger partial charge in [0.05, 0.1) is 5.25 Å². The minimum Gasteiger partial charge on any atom is -0.335 e. The summed E-state index contributed by atoms with van der Waals surface area (Å²) in [5.41, 5.74) is 4.30. The Morgan fingerprint density at radius 2 is 2.04 bits per heavy atom. The summed E-state index contributed by atoms with van der Waals surface area (Å²) in [6, 6.07) is 13.4. The van der Waals surface area contributed by atoms with Crippen LogP contribution >= 0.6 is 23.4 Å². The molecular formula is C20H20ClN5OS. The molecule has 4 rings (SSSR count). The van der Waals surface area contributed by atoms with Crippen LogP contribution in [-0.2, 0) is 17.6 Å². The molecule has 1 aromatic heterocycles. The van der Waals surface area contributed by atoms with E-state index >= 15 is 0 Å². The predicted molar refractivity (Wildman–Crippen MR) is 113 cm³/mol. The van der Waals surface area contributed by atoms with Gasteiger partial charge < -0.3 is 11.2 Å². The van der Waals surface area contributed by atoms with Gasteiger partial charge in [0.25, 0.3) is 0 Å². The maximum Gasteiger partial charge on any atom is 0.237 e. The van der Waals surface area contributed by atoms with E-state index in [1.165, 1.54) is 34.0 Å². The number of aryl methyl sites for hydroxylation is 2. The fourth-order valence-corrected chi connectivity index (χ4v) is 4.25. The average Bonchev–Trinajstić information content (AvgIpc) is 3.28. The molecule has 8 heteroatoms. The molecule has 1 amide bonds. The summed E-state index contributed by atoms with van der Waals surface area (Å²) in [7, 11) is 0. The molecule has 2 aromatic carbocycles. The van der Waals surface area contributed by atoms with E-state index < -0.39 is 0 Å².